The van der Waals surface area contributed by atoms with Gasteiger partial charge in [0.25, 0.3) is 0 Å². The lowest BCUT2D eigenvalue weighted by Gasteiger charge is -2.09. The van der Waals surface area contributed by atoms with Crippen LogP contribution in [0.3, 0.4) is 0 Å². The van der Waals surface area contributed by atoms with Crippen LogP contribution in [0.4, 0.5) is 0 Å². The average molecular weight is 672 g/mol. The van der Waals surface area contributed by atoms with Gasteiger partial charge >= 0.3 is 0 Å². The predicted octanol–water partition coefficient (Wildman–Crippen LogP) is 12.7. The van der Waals surface area contributed by atoms with Crippen LogP contribution in [0.5, 0.6) is 0 Å². The molecule has 0 spiro atoms. The Kier molecular flexibility index (Phi) is 6.05. The summed E-state index contributed by atoms with van der Waals surface area (Å²) in [5, 5.41) is 6.72. The molecule has 0 N–H and O–H groups in total. The number of nitrogens with zero attached hydrogens (tertiary/aromatic N) is 3. The molecule has 0 amide bonds. The van der Waals surface area contributed by atoms with Crippen molar-refractivity contribution in [1.82, 2.24) is 15.0 Å². The number of para-hydroxylation sites is 1. The molecule has 0 aliphatic rings. The van der Waals surface area contributed by atoms with Crippen molar-refractivity contribution >= 4 is 75.4 Å². The number of furan rings is 2. The summed E-state index contributed by atoms with van der Waals surface area (Å²) in [6.45, 7) is 0. The minimum Gasteiger partial charge on any atom is -0.456 e. The quantitative estimate of drug-likeness (QED) is 0.186. The minimum absolute atomic E-state index is 0.572. The molecule has 0 aliphatic carbocycles. The second-order valence-corrected chi connectivity index (χ2v) is 13.8. The standard InChI is InChI=1S/C45H25N3O2S/c1-2-10-26(11-3-1)43-46-44(48-45(47-43)34-16-9-18-38-41(34)33-13-4-6-17-36(33)49-38)28-20-22-30-35-24-27(21-23-37(35)50-39(30)25-28)29-14-8-15-32-31-12-5-7-19-40(31)51-42(29)32/h1-25H. The Hall–Kier alpha value is -6.63. The van der Waals surface area contributed by atoms with Gasteiger partial charge in [-0.3, -0.25) is 0 Å². The Morgan fingerprint density at radius 3 is 1.96 bits per heavy atom. The third-order valence-electron chi connectivity index (χ3n) is 9.76. The topological polar surface area (TPSA) is 65.0 Å². The molecular weight excluding hydrogens is 647 g/mol. The van der Waals surface area contributed by atoms with Crippen LogP contribution in [0.25, 0.3) is 109 Å². The highest BCUT2D eigenvalue weighted by Crippen LogP contribution is 2.42. The molecule has 0 saturated carbocycles. The van der Waals surface area contributed by atoms with Crippen molar-refractivity contribution in [1.29, 1.82) is 0 Å². The Morgan fingerprint density at radius 1 is 0.373 bits per heavy atom. The third kappa shape index (κ3) is 4.43. The zero-order valence-electron chi connectivity index (χ0n) is 27.0. The van der Waals surface area contributed by atoms with Crippen molar-refractivity contribution in [2.24, 2.45) is 0 Å². The third-order valence-corrected chi connectivity index (χ3v) is 11.0. The summed E-state index contributed by atoms with van der Waals surface area (Å²) in [6.07, 6.45) is 0. The molecule has 51 heavy (non-hydrogen) atoms. The lowest BCUT2D eigenvalue weighted by molar-refractivity contribution is 0.668. The number of thiophene rings is 1. The number of hydrogen-bond acceptors (Lipinski definition) is 6. The maximum atomic E-state index is 6.49. The van der Waals surface area contributed by atoms with E-state index in [4.69, 9.17) is 23.8 Å². The minimum atomic E-state index is 0.572. The van der Waals surface area contributed by atoms with Crippen LogP contribution < -0.4 is 0 Å². The van der Waals surface area contributed by atoms with E-state index in [9.17, 15) is 0 Å². The fraction of sp³-hybridized carbons (Fsp3) is 0. The fourth-order valence-electron chi connectivity index (χ4n) is 7.36. The van der Waals surface area contributed by atoms with Crippen LogP contribution in [0.1, 0.15) is 0 Å². The molecule has 0 atom stereocenters. The van der Waals surface area contributed by atoms with Gasteiger partial charge in [0.05, 0.1) is 0 Å². The van der Waals surface area contributed by atoms with Crippen molar-refractivity contribution in [2.75, 3.05) is 0 Å². The van der Waals surface area contributed by atoms with E-state index in [2.05, 4.69) is 84.9 Å². The summed E-state index contributed by atoms with van der Waals surface area (Å²) in [5.74, 6) is 1.76. The van der Waals surface area contributed by atoms with Crippen LogP contribution in [0.15, 0.2) is 160 Å². The van der Waals surface area contributed by atoms with E-state index in [1.54, 1.807) is 0 Å². The number of rotatable bonds is 4. The first kappa shape index (κ1) is 28.2. The molecule has 0 aliphatic heterocycles. The Bertz CT molecular complexity index is 3160. The Morgan fingerprint density at radius 2 is 1.04 bits per heavy atom. The van der Waals surface area contributed by atoms with E-state index < -0.39 is 0 Å². The molecule has 11 aromatic rings. The molecule has 7 aromatic carbocycles. The van der Waals surface area contributed by atoms with Gasteiger partial charge in [0.1, 0.15) is 22.3 Å². The van der Waals surface area contributed by atoms with Crippen molar-refractivity contribution in [3.63, 3.8) is 0 Å². The van der Waals surface area contributed by atoms with Gasteiger partial charge < -0.3 is 8.83 Å². The van der Waals surface area contributed by atoms with E-state index in [0.29, 0.717) is 17.5 Å². The van der Waals surface area contributed by atoms with Crippen LogP contribution in [0.2, 0.25) is 0 Å². The monoisotopic (exact) mass is 671 g/mol. The summed E-state index contributed by atoms with van der Waals surface area (Å²) >= 11 is 1.85. The lowest BCUT2D eigenvalue weighted by Crippen LogP contribution is -2.00. The molecule has 238 valence electrons. The number of benzene rings is 7. The predicted molar refractivity (Wildman–Crippen MR) is 209 cm³/mol. The lowest BCUT2D eigenvalue weighted by atomic mass is 10.0. The molecule has 11 rings (SSSR count). The first-order valence-electron chi connectivity index (χ1n) is 16.8. The number of aromatic nitrogens is 3. The van der Waals surface area contributed by atoms with E-state index in [1.165, 1.54) is 31.3 Å². The molecule has 4 aromatic heterocycles. The maximum Gasteiger partial charge on any atom is 0.164 e. The van der Waals surface area contributed by atoms with Crippen molar-refractivity contribution < 1.29 is 8.83 Å². The molecule has 0 fully saturated rings. The van der Waals surface area contributed by atoms with Crippen LogP contribution in [0, 0.1) is 0 Å². The molecule has 0 saturated heterocycles. The summed E-state index contributed by atoms with van der Waals surface area (Å²) in [4.78, 5) is 15.1. The second-order valence-electron chi connectivity index (χ2n) is 12.8. The number of fused-ring (bicyclic) bond motifs is 9. The summed E-state index contributed by atoms with van der Waals surface area (Å²) in [5.41, 5.74) is 8.30. The first-order valence-corrected chi connectivity index (χ1v) is 17.7. The SMILES string of the molecule is c1ccc(-c2nc(-c3ccc4c(c3)oc3ccc(-c5cccc6c5sc5ccccc56)cc34)nc(-c3cccc4oc5ccccc5c34)n2)cc1. The smallest absolute Gasteiger partial charge is 0.164 e. The van der Waals surface area contributed by atoms with Crippen LogP contribution in [-0.4, -0.2) is 15.0 Å². The summed E-state index contributed by atoms with van der Waals surface area (Å²) in [6, 6.07) is 52.1. The van der Waals surface area contributed by atoms with Gasteiger partial charge in [0.15, 0.2) is 17.5 Å². The zero-order chi connectivity index (χ0) is 33.5. The zero-order valence-corrected chi connectivity index (χ0v) is 27.8. The number of hydrogen-bond donors (Lipinski definition) is 0. The van der Waals surface area contributed by atoms with E-state index in [1.807, 2.05) is 78.1 Å². The first-order chi connectivity index (χ1) is 25.2. The molecule has 6 heteroatoms. The van der Waals surface area contributed by atoms with Crippen molar-refractivity contribution in [3.05, 3.63) is 152 Å². The second kappa shape index (κ2) is 10.9. The normalized spacial score (nSPS) is 11.9. The highest BCUT2D eigenvalue weighted by Gasteiger charge is 2.19. The van der Waals surface area contributed by atoms with Crippen molar-refractivity contribution in [3.8, 4) is 45.3 Å². The maximum absolute atomic E-state index is 6.49. The molecule has 5 nitrogen and oxygen atoms in total. The van der Waals surface area contributed by atoms with Gasteiger partial charge in [-0.15, -0.1) is 11.3 Å². The highest BCUT2D eigenvalue weighted by atomic mass is 32.1. The van der Waals surface area contributed by atoms with Gasteiger partial charge in [0.2, 0.25) is 0 Å². The Balaban J connectivity index is 1.07. The van der Waals surface area contributed by atoms with E-state index >= 15 is 0 Å². The van der Waals surface area contributed by atoms with Crippen LogP contribution in [-0.2, 0) is 0 Å². The summed E-state index contributed by atoms with van der Waals surface area (Å²) in [7, 11) is 0. The van der Waals surface area contributed by atoms with E-state index in [-0.39, 0.29) is 0 Å². The fourth-order valence-corrected chi connectivity index (χ4v) is 8.60. The van der Waals surface area contributed by atoms with Gasteiger partial charge in [0, 0.05) is 58.4 Å². The van der Waals surface area contributed by atoms with E-state index in [0.717, 1.165) is 60.6 Å². The average Bonchev–Trinajstić information content (AvgIpc) is 3.88. The largest absolute Gasteiger partial charge is 0.456 e. The molecule has 0 radical (unpaired) electrons. The molecule has 0 bridgehead atoms. The van der Waals surface area contributed by atoms with Gasteiger partial charge in [-0.1, -0.05) is 109 Å². The van der Waals surface area contributed by atoms with Gasteiger partial charge in [-0.05, 0) is 53.6 Å². The molecule has 4 heterocycles. The highest BCUT2D eigenvalue weighted by molar-refractivity contribution is 7.26. The van der Waals surface area contributed by atoms with Crippen molar-refractivity contribution in [2.45, 2.75) is 0 Å². The molecular formula is C45H25N3O2S. The van der Waals surface area contributed by atoms with Gasteiger partial charge in [-0.2, -0.15) is 0 Å². The van der Waals surface area contributed by atoms with Crippen LogP contribution >= 0.6 is 11.3 Å². The molecule has 0 unspecified atom stereocenters. The summed E-state index contributed by atoms with van der Waals surface area (Å²) < 4.78 is 15.3. The van der Waals surface area contributed by atoms with Gasteiger partial charge in [-0.25, -0.2) is 15.0 Å². The Labute approximate surface area is 295 Å².